The van der Waals surface area contributed by atoms with Gasteiger partial charge < -0.3 is 9.84 Å². The SMILES string of the molecule is COc1cccc(CN2CCC[C@H](c3[nH]ncc3-c3cccc(C)c3)C2)c1O. The maximum atomic E-state index is 10.4. The van der Waals surface area contributed by atoms with Gasteiger partial charge in [-0.2, -0.15) is 5.10 Å². The van der Waals surface area contributed by atoms with E-state index in [9.17, 15) is 5.11 Å². The molecule has 5 nitrogen and oxygen atoms in total. The molecule has 0 spiro atoms. The predicted octanol–water partition coefficient (Wildman–Crippen LogP) is 4.48. The van der Waals surface area contributed by atoms with E-state index in [-0.39, 0.29) is 5.75 Å². The van der Waals surface area contributed by atoms with Gasteiger partial charge in [0, 0.05) is 35.8 Å². The fourth-order valence-electron chi connectivity index (χ4n) is 4.19. The number of nitrogens with one attached hydrogen (secondary N) is 1. The number of ether oxygens (including phenoxy) is 1. The number of rotatable bonds is 5. The molecule has 0 saturated carbocycles. The van der Waals surface area contributed by atoms with Gasteiger partial charge in [0.25, 0.3) is 0 Å². The van der Waals surface area contributed by atoms with Crippen LogP contribution in [0.2, 0.25) is 0 Å². The summed E-state index contributed by atoms with van der Waals surface area (Å²) in [6, 6.07) is 14.3. The molecule has 1 saturated heterocycles. The van der Waals surface area contributed by atoms with E-state index in [4.69, 9.17) is 4.74 Å². The van der Waals surface area contributed by atoms with Gasteiger partial charge in [0.15, 0.2) is 11.5 Å². The number of hydrogen-bond acceptors (Lipinski definition) is 4. The van der Waals surface area contributed by atoms with Crippen LogP contribution >= 0.6 is 0 Å². The summed E-state index contributed by atoms with van der Waals surface area (Å²) in [5.41, 5.74) is 5.78. The highest BCUT2D eigenvalue weighted by Gasteiger charge is 2.26. The summed E-state index contributed by atoms with van der Waals surface area (Å²) in [4.78, 5) is 2.41. The quantitative estimate of drug-likeness (QED) is 0.688. The molecule has 5 heteroatoms. The van der Waals surface area contributed by atoms with Crippen molar-refractivity contribution in [3.63, 3.8) is 0 Å². The number of piperidine rings is 1. The van der Waals surface area contributed by atoms with Gasteiger partial charge in [-0.25, -0.2) is 0 Å². The lowest BCUT2D eigenvalue weighted by atomic mass is 9.90. The summed E-state index contributed by atoms with van der Waals surface area (Å²) in [5.74, 6) is 1.18. The summed E-state index contributed by atoms with van der Waals surface area (Å²) in [6.07, 6.45) is 4.21. The molecule has 1 aromatic heterocycles. The zero-order valence-corrected chi connectivity index (χ0v) is 16.5. The first-order chi connectivity index (χ1) is 13.7. The molecule has 1 atom stereocenters. The zero-order valence-electron chi connectivity index (χ0n) is 16.5. The maximum absolute atomic E-state index is 10.4. The summed E-state index contributed by atoms with van der Waals surface area (Å²) in [6.45, 7) is 4.80. The Labute approximate surface area is 166 Å². The number of benzene rings is 2. The number of aromatic amines is 1. The number of hydrogen-bond donors (Lipinski definition) is 2. The van der Waals surface area contributed by atoms with Crippen molar-refractivity contribution in [3.8, 4) is 22.6 Å². The maximum Gasteiger partial charge on any atom is 0.162 e. The number of methoxy groups -OCH3 is 1. The Balaban J connectivity index is 1.53. The first-order valence-corrected chi connectivity index (χ1v) is 9.83. The van der Waals surface area contributed by atoms with Crippen LogP contribution in [0.5, 0.6) is 11.5 Å². The van der Waals surface area contributed by atoms with E-state index in [0.29, 0.717) is 18.2 Å². The third-order valence-corrected chi connectivity index (χ3v) is 5.61. The van der Waals surface area contributed by atoms with E-state index in [2.05, 4.69) is 46.3 Å². The van der Waals surface area contributed by atoms with Gasteiger partial charge in [-0.05, 0) is 37.9 Å². The van der Waals surface area contributed by atoms with Crippen molar-refractivity contribution < 1.29 is 9.84 Å². The number of aromatic nitrogens is 2. The van der Waals surface area contributed by atoms with Crippen molar-refractivity contribution in [1.29, 1.82) is 0 Å². The normalized spacial score (nSPS) is 17.6. The third-order valence-electron chi connectivity index (χ3n) is 5.61. The van der Waals surface area contributed by atoms with Crippen LogP contribution in [0.1, 0.15) is 35.6 Å². The lowest BCUT2D eigenvalue weighted by Crippen LogP contribution is -2.34. The number of aryl methyl sites for hydroxylation is 1. The van der Waals surface area contributed by atoms with Crippen LogP contribution in [-0.4, -0.2) is 40.4 Å². The molecule has 3 aromatic rings. The number of aromatic hydroxyl groups is 1. The highest BCUT2D eigenvalue weighted by molar-refractivity contribution is 5.66. The number of likely N-dealkylation sites (tertiary alicyclic amines) is 1. The van der Waals surface area contributed by atoms with Crippen LogP contribution in [0, 0.1) is 6.92 Å². The second kappa shape index (κ2) is 8.07. The minimum absolute atomic E-state index is 0.245. The summed E-state index contributed by atoms with van der Waals surface area (Å²) >= 11 is 0. The molecule has 0 amide bonds. The van der Waals surface area contributed by atoms with Crippen molar-refractivity contribution in [2.45, 2.75) is 32.2 Å². The van der Waals surface area contributed by atoms with Crippen LogP contribution in [0.25, 0.3) is 11.1 Å². The predicted molar refractivity (Wildman–Crippen MR) is 111 cm³/mol. The van der Waals surface area contributed by atoms with Crippen molar-refractivity contribution in [3.05, 3.63) is 65.5 Å². The Morgan fingerprint density at radius 1 is 1.25 bits per heavy atom. The van der Waals surface area contributed by atoms with Crippen LogP contribution in [0.15, 0.2) is 48.7 Å². The van der Waals surface area contributed by atoms with Crippen LogP contribution in [-0.2, 0) is 6.54 Å². The molecule has 2 heterocycles. The topological polar surface area (TPSA) is 61.4 Å². The van der Waals surface area contributed by atoms with Crippen molar-refractivity contribution in [1.82, 2.24) is 15.1 Å². The Kier molecular flexibility index (Phi) is 5.35. The smallest absolute Gasteiger partial charge is 0.162 e. The first-order valence-electron chi connectivity index (χ1n) is 9.83. The Hall–Kier alpha value is -2.79. The lowest BCUT2D eigenvalue weighted by Gasteiger charge is -2.33. The van der Waals surface area contributed by atoms with Gasteiger partial charge in [0.1, 0.15) is 0 Å². The Morgan fingerprint density at radius 3 is 2.93 bits per heavy atom. The van der Waals surface area contributed by atoms with E-state index >= 15 is 0 Å². The fourth-order valence-corrected chi connectivity index (χ4v) is 4.19. The summed E-state index contributed by atoms with van der Waals surface area (Å²) in [5, 5.41) is 18.0. The molecule has 0 unspecified atom stereocenters. The molecular weight excluding hydrogens is 350 g/mol. The van der Waals surface area contributed by atoms with Gasteiger partial charge in [-0.3, -0.25) is 10.00 Å². The molecule has 28 heavy (non-hydrogen) atoms. The van der Waals surface area contributed by atoms with Gasteiger partial charge >= 0.3 is 0 Å². The molecule has 2 aromatic carbocycles. The van der Waals surface area contributed by atoms with Gasteiger partial charge in [0.2, 0.25) is 0 Å². The monoisotopic (exact) mass is 377 g/mol. The Bertz CT molecular complexity index is 951. The van der Waals surface area contributed by atoms with Gasteiger partial charge in [-0.1, -0.05) is 42.0 Å². The molecule has 1 aliphatic rings. The molecule has 0 bridgehead atoms. The number of phenolic OH excluding ortho intramolecular Hbond substituents is 1. The molecule has 0 radical (unpaired) electrons. The second-order valence-corrected chi connectivity index (χ2v) is 7.61. The van der Waals surface area contributed by atoms with Gasteiger partial charge in [0.05, 0.1) is 13.3 Å². The van der Waals surface area contributed by atoms with Crippen LogP contribution in [0.3, 0.4) is 0 Å². The third kappa shape index (κ3) is 3.76. The summed E-state index contributed by atoms with van der Waals surface area (Å²) < 4.78 is 5.25. The molecule has 2 N–H and O–H groups in total. The molecule has 1 aliphatic heterocycles. The number of para-hydroxylation sites is 1. The fraction of sp³-hybridized carbons (Fsp3) is 0.348. The minimum atomic E-state index is 0.245. The standard InChI is InChI=1S/C23H27N3O2/c1-16-6-3-7-17(12-16)20-13-24-25-22(20)18-9-5-11-26(14-18)15-19-8-4-10-21(28-2)23(19)27/h3-4,6-8,10,12-13,18,27H,5,9,11,14-15H2,1-2H3,(H,24,25)/t18-/m0/s1. The number of H-pyrrole nitrogens is 1. The van der Waals surface area contributed by atoms with Crippen LogP contribution in [0.4, 0.5) is 0 Å². The van der Waals surface area contributed by atoms with E-state index in [1.807, 2.05) is 18.3 Å². The molecule has 4 rings (SSSR count). The highest BCUT2D eigenvalue weighted by Crippen LogP contribution is 2.35. The number of nitrogens with zero attached hydrogens (tertiary/aromatic N) is 2. The highest BCUT2D eigenvalue weighted by atomic mass is 16.5. The second-order valence-electron chi connectivity index (χ2n) is 7.61. The van der Waals surface area contributed by atoms with Crippen molar-refractivity contribution in [2.24, 2.45) is 0 Å². The zero-order chi connectivity index (χ0) is 19.5. The largest absolute Gasteiger partial charge is 0.504 e. The van der Waals surface area contributed by atoms with Crippen molar-refractivity contribution in [2.75, 3.05) is 20.2 Å². The van der Waals surface area contributed by atoms with Crippen molar-refractivity contribution >= 4 is 0 Å². The average molecular weight is 377 g/mol. The molecule has 0 aliphatic carbocycles. The van der Waals surface area contributed by atoms with E-state index in [1.165, 1.54) is 22.4 Å². The first kappa shape index (κ1) is 18.6. The molecule has 1 fully saturated rings. The van der Waals surface area contributed by atoms with Crippen LogP contribution < -0.4 is 4.74 Å². The van der Waals surface area contributed by atoms with E-state index in [1.54, 1.807) is 13.2 Å². The minimum Gasteiger partial charge on any atom is -0.504 e. The van der Waals surface area contributed by atoms with Gasteiger partial charge in [-0.15, -0.1) is 0 Å². The lowest BCUT2D eigenvalue weighted by molar-refractivity contribution is 0.196. The average Bonchev–Trinajstić information content (AvgIpc) is 3.20. The summed E-state index contributed by atoms with van der Waals surface area (Å²) in [7, 11) is 1.58. The number of phenols is 1. The Morgan fingerprint density at radius 2 is 2.11 bits per heavy atom. The van der Waals surface area contributed by atoms with E-state index in [0.717, 1.165) is 31.5 Å². The molecular formula is C23H27N3O2. The molecule has 146 valence electrons. The van der Waals surface area contributed by atoms with E-state index < -0.39 is 0 Å².